The molecule has 41 heavy (non-hydrogen) atoms. The molecule has 0 aromatic heterocycles. The van der Waals surface area contributed by atoms with Crippen molar-refractivity contribution in [2.45, 2.75) is 97.3 Å². The number of carboxylic acids is 1. The molecule has 1 aliphatic rings. The molecule has 0 bridgehead atoms. The van der Waals surface area contributed by atoms with Gasteiger partial charge in [-0.1, -0.05) is 42.5 Å². The SMILES string of the molecule is CC(NC(=O)OC(C)(C)C)C(=O)NC(Cc1ccc(OCc2ccccc2)c(B2OC(C)(C)C(C)(C)O2)c1)C(=O)O. The lowest BCUT2D eigenvalue weighted by atomic mass is 9.77. The molecule has 2 aromatic rings. The molecule has 10 nitrogen and oxygen atoms in total. The number of aliphatic carboxylic acids is 1. The second-order valence-corrected chi connectivity index (χ2v) is 12.2. The van der Waals surface area contributed by atoms with Gasteiger partial charge < -0.3 is 34.5 Å². The first-order valence-electron chi connectivity index (χ1n) is 13.7. The van der Waals surface area contributed by atoms with E-state index in [9.17, 15) is 19.5 Å². The van der Waals surface area contributed by atoms with Gasteiger partial charge in [0, 0.05) is 11.9 Å². The molecule has 0 aliphatic carbocycles. The van der Waals surface area contributed by atoms with Crippen molar-refractivity contribution < 1.29 is 38.3 Å². The molecule has 0 saturated carbocycles. The van der Waals surface area contributed by atoms with E-state index in [0.717, 1.165) is 5.56 Å². The largest absolute Gasteiger partial charge is 0.498 e. The Morgan fingerprint density at radius 1 is 0.951 bits per heavy atom. The molecule has 11 heteroatoms. The van der Waals surface area contributed by atoms with Gasteiger partial charge in [-0.3, -0.25) is 4.79 Å². The maximum absolute atomic E-state index is 12.7. The summed E-state index contributed by atoms with van der Waals surface area (Å²) in [7, 11) is -0.748. The highest BCUT2D eigenvalue weighted by Gasteiger charge is 2.52. The van der Waals surface area contributed by atoms with Crippen LogP contribution in [-0.2, 0) is 36.7 Å². The number of nitrogens with one attached hydrogen (secondary N) is 2. The number of benzene rings is 2. The first-order valence-corrected chi connectivity index (χ1v) is 13.7. The van der Waals surface area contributed by atoms with E-state index < -0.39 is 54.0 Å². The summed E-state index contributed by atoms with van der Waals surface area (Å²) in [5.74, 6) is -1.33. The number of carbonyl (C=O) groups is 3. The molecule has 1 fully saturated rings. The van der Waals surface area contributed by atoms with E-state index in [1.165, 1.54) is 6.92 Å². The molecular formula is C30H41BN2O8. The number of carbonyl (C=O) groups excluding carboxylic acids is 2. The van der Waals surface area contributed by atoms with E-state index in [-0.39, 0.29) is 6.42 Å². The van der Waals surface area contributed by atoms with E-state index in [1.807, 2.05) is 58.0 Å². The van der Waals surface area contributed by atoms with E-state index in [0.29, 0.717) is 23.4 Å². The van der Waals surface area contributed by atoms with E-state index in [2.05, 4.69) is 10.6 Å². The van der Waals surface area contributed by atoms with Crippen LogP contribution < -0.4 is 20.8 Å². The zero-order valence-corrected chi connectivity index (χ0v) is 25.1. The maximum atomic E-state index is 12.7. The standard InChI is InChI=1S/C30H41BN2O8/c1-19(32-27(37)39-28(2,3)4)25(34)33-23(26(35)36)17-21-14-15-24(38-18-20-12-10-9-11-13-20)22(16-21)31-40-29(5,6)30(7,8)41-31/h9-16,19,23H,17-18H2,1-8H3,(H,32,37)(H,33,34)(H,35,36). The summed E-state index contributed by atoms with van der Waals surface area (Å²) in [6.07, 6.45) is -0.795. The van der Waals surface area contributed by atoms with E-state index in [1.54, 1.807) is 39.0 Å². The fourth-order valence-electron chi connectivity index (χ4n) is 4.03. The first kappa shape index (κ1) is 32.0. The summed E-state index contributed by atoms with van der Waals surface area (Å²) < 4.78 is 23.9. The van der Waals surface area contributed by atoms with Gasteiger partial charge in [-0.2, -0.15) is 0 Å². The third-order valence-electron chi connectivity index (χ3n) is 7.00. The second-order valence-electron chi connectivity index (χ2n) is 12.2. The zero-order chi connectivity index (χ0) is 30.6. The summed E-state index contributed by atoms with van der Waals surface area (Å²) in [4.78, 5) is 36.9. The smallest absolute Gasteiger partial charge is 0.489 e. The third-order valence-corrected chi connectivity index (χ3v) is 7.00. The lowest BCUT2D eigenvalue weighted by molar-refractivity contribution is -0.142. The first-order chi connectivity index (χ1) is 19.0. The van der Waals surface area contributed by atoms with Crippen LogP contribution in [-0.4, -0.2) is 59.1 Å². The molecule has 3 N–H and O–H groups in total. The predicted molar refractivity (Wildman–Crippen MR) is 155 cm³/mol. The summed E-state index contributed by atoms with van der Waals surface area (Å²) in [5.41, 5.74) is 0.294. The van der Waals surface area contributed by atoms with Crippen LogP contribution in [0, 0.1) is 0 Å². The van der Waals surface area contributed by atoms with Gasteiger partial charge in [0.15, 0.2) is 0 Å². The van der Waals surface area contributed by atoms with Crippen LogP contribution in [0.15, 0.2) is 48.5 Å². The van der Waals surface area contributed by atoms with Crippen molar-refractivity contribution in [2.24, 2.45) is 0 Å². The molecule has 222 valence electrons. The van der Waals surface area contributed by atoms with Crippen LogP contribution in [0.25, 0.3) is 0 Å². The van der Waals surface area contributed by atoms with Crippen LogP contribution >= 0.6 is 0 Å². The topological polar surface area (TPSA) is 132 Å². The van der Waals surface area contributed by atoms with Crippen molar-refractivity contribution in [1.29, 1.82) is 0 Å². The van der Waals surface area contributed by atoms with E-state index >= 15 is 0 Å². The lowest BCUT2D eigenvalue weighted by Gasteiger charge is -2.32. The van der Waals surface area contributed by atoms with Crippen molar-refractivity contribution in [3.05, 3.63) is 59.7 Å². The summed E-state index contributed by atoms with van der Waals surface area (Å²) in [6.45, 7) is 14.7. The van der Waals surface area contributed by atoms with Gasteiger partial charge in [-0.15, -0.1) is 0 Å². The quantitative estimate of drug-likeness (QED) is 0.371. The minimum absolute atomic E-state index is 0.0221. The zero-order valence-electron chi connectivity index (χ0n) is 25.1. The molecule has 2 atom stereocenters. The highest BCUT2D eigenvalue weighted by atomic mass is 16.7. The molecule has 1 aliphatic heterocycles. The second kappa shape index (κ2) is 12.5. The van der Waals surface area contributed by atoms with Gasteiger partial charge in [0.1, 0.15) is 30.0 Å². The van der Waals surface area contributed by atoms with Crippen molar-refractivity contribution in [1.82, 2.24) is 10.6 Å². The van der Waals surface area contributed by atoms with Crippen molar-refractivity contribution >= 4 is 30.6 Å². The summed E-state index contributed by atoms with van der Waals surface area (Å²) in [6, 6.07) is 12.7. The number of carboxylic acid groups (broad SMARTS) is 1. The number of ether oxygens (including phenoxy) is 2. The molecule has 3 rings (SSSR count). The van der Waals surface area contributed by atoms with Crippen LogP contribution in [0.5, 0.6) is 5.75 Å². The minimum Gasteiger partial charge on any atom is -0.489 e. The van der Waals surface area contributed by atoms with E-state index in [4.69, 9.17) is 18.8 Å². The molecule has 2 unspecified atom stereocenters. The third kappa shape index (κ3) is 8.71. The normalized spacial score (nSPS) is 17.3. The van der Waals surface area contributed by atoms with Crippen LogP contribution in [0.1, 0.15) is 66.5 Å². The Morgan fingerprint density at radius 2 is 1.56 bits per heavy atom. The monoisotopic (exact) mass is 568 g/mol. The molecule has 1 heterocycles. The number of rotatable bonds is 10. The molecule has 1 saturated heterocycles. The van der Waals surface area contributed by atoms with Crippen LogP contribution in [0.4, 0.5) is 4.79 Å². The Hall–Kier alpha value is -3.57. The average Bonchev–Trinajstić information content (AvgIpc) is 3.08. The van der Waals surface area contributed by atoms with Gasteiger partial charge in [0.25, 0.3) is 0 Å². The highest BCUT2D eigenvalue weighted by molar-refractivity contribution is 6.63. The summed E-state index contributed by atoms with van der Waals surface area (Å²) in [5, 5.41) is 14.8. The number of hydrogen-bond donors (Lipinski definition) is 3. The Balaban J connectivity index is 1.80. The van der Waals surface area contributed by atoms with Crippen LogP contribution in [0.3, 0.4) is 0 Å². The van der Waals surface area contributed by atoms with Gasteiger partial charge in [0.2, 0.25) is 5.91 Å². The van der Waals surface area contributed by atoms with Gasteiger partial charge in [0.05, 0.1) is 11.2 Å². The Morgan fingerprint density at radius 3 is 2.12 bits per heavy atom. The van der Waals surface area contributed by atoms with Gasteiger partial charge >= 0.3 is 19.2 Å². The molecule has 0 radical (unpaired) electrons. The van der Waals surface area contributed by atoms with Gasteiger partial charge in [-0.25, -0.2) is 9.59 Å². The fourth-order valence-corrected chi connectivity index (χ4v) is 4.03. The fraction of sp³-hybridized carbons (Fsp3) is 0.500. The average molecular weight is 568 g/mol. The molecule has 0 spiro atoms. The highest BCUT2D eigenvalue weighted by Crippen LogP contribution is 2.37. The minimum atomic E-state index is -1.26. The molecule has 2 amide bonds. The Kier molecular flexibility index (Phi) is 9.76. The number of hydrogen-bond acceptors (Lipinski definition) is 7. The van der Waals surface area contributed by atoms with Gasteiger partial charge in [-0.05, 0) is 72.6 Å². The number of alkyl carbamates (subject to hydrolysis) is 1. The van der Waals surface area contributed by atoms with Crippen LogP contribution in [0.2, 0.25) is 0 Å². The predicted octanol–water partition coefficient (Wildman–Crippen LogP) is 3.59. The van der Waals surface area contributed by atoms with Crippen molar-refractivity contribution in [3.8, 4) is 5.75 Å². The molecular weight excluding hydrogens is 527 g/mol. The Labute approximate surface area is 242 Å². The maximum Gasteiger partial charge on any atom is 0.498 e. The van der Waals surface area contributed by atoms with Crippen molar-refractivity contribution in [2.75, 3.05) is 0 Å². The summed E-state index contributed by atoms with van der Waals surface area (Å²) >= 11 is 0. The Bertz CT molecular complexity index is 1230. The number of amides is 2. The lowest BCUT2D eigenvalue weighted by Crippen LogP contribution is -2.51. The van der Waals surface area contributed by atoms with Crippen molar-refractivity contribution in [3.63, 3.8) is 0 Å². The molecule has 2 aromatic carbocycles.